The first-order valence-electron chi connectivity index (χ1n) is 8.32. The largest absolute Gasteiger partial charge is 0.370 e. The highest BCUT2D eigenvalue weighted by Gasteiger charge is 2.37. The maximum absolute atomic E-state index is 5.82. The van der Waals surface area contributed by atoms with Crippen LogP contribution in [0.2, 0.25) is 0 Å². The summed E-state index contributed by atoms with van der Waals surface area (Å²) in [5.74, 6) is 1.48. The zero-order valence-corrected chi connectivity index (χ0v) is 13.7. The third-order valence-electron chi connectivity index (χ3n) is 4.52. The predicted octanol–water partition coefficient (Wildman–Crippen LogP) is 3.20. The predicted molar refractivity (Wildman–Crippen MR) is 82.1 cm³/mol. The van der Waals surface area contributed by atoms with Crippen molar-refractivity contribution >= 4 is 0 Å². The summed E-state index contributed by atoms with van der Waals surface area (Å²) in [5, 5.41) is 7.62. The Morgan fingerprint density at radius 2 is 2.00 bits per heavy atom. The smallest absolute Gasteiger partial charge is 0.226 e. The zero-order chi connectivity index (χ0) is 15.1. The van der Waals surface area contributed by atoms with Crippen LogP contribution in [0.1, 0.15) is 70.5 Å². The van der Waals surface area contributed by atoms with Crippen LogP contribution in [-0.4, -0.2) is 29.8 Å². The lowest BCUT2D eigenvalue weighted by molar-refractivity contribution is -0.0365. The quantitative estimate of drug-likeness (QED) is 0.783. The molecular weight excluding hydrogens is 266 g/mol. The van der Waals surface area contributed by atoms with Gasteiger partial charge in [0.05, 0.1) is 0 Å². The van der Waals surface area contributed by atoms with Gasteiger partial charge >= 0.3 is 0 Å². The fourth-order valence-electron chi connectivity index (χ4n) is 3.15. The zero-order valence-electron chi connectivity index (χ0n) is 13.7. The van der Waals surface area contributed by atoms with Gasteiger partial charge in [-0.25, -0.2) is 0 Å². The highest BCUT2D eigenvalue weighted by molar-refractivity contribution is 5.03. The molecule has 0 amide bonds. The highest BCUT2D eigenvalue weighted by Crippen LogP contribution is 2.37. The lowest BCUT2D eigenvalue weighted by Gasteiger charge is -2.27. The van der Waals surface area contributed by atoms with E-state index in [9.17, 15) is 0 Å². The van der Waals surface area contributed by atoms with Crippen LogP contribution in [0.25, 0.3) is 0 Å². The lowest BCUT2D eigenvalue weighted by Crippen LogP contribution is -2.29. The first-order valence-corrected chi connectivity index (χ1v) is 8.32. The normalized spacial score (nSPS) is 20.1. The minimum Gasteiger partial charge on any atom is -0.370 e. The molecule has 2 rings (SSSR count). The molecule has 5 nitrogen and oxygen atoms in total. The molecule has 1 aromatic rings. The summed E-state index contributed by atoms with van der Waals surface area (Å²) in [4.78, 5) is 4.62. The van der Waals surface area contributed by atoms with Crippen molar-refractivity contribution in [1.82, 2.24) is 15.5 Å². The van der Waals surface area contributed by atoms with E-state index in [2.05, 4.69) is 29.3 Å². The van der Waals surface area contributed by atoms with Crippen molar-refractivity contribution in [1.29, 1.82) is 0 Å². The second-order valence-corrected chi connectivity index (χ2v) is 6.12. The maximum atomic E-state index is 5.82. The van der Waals surface area contributed by atoms with Crippen molar-refractivity contribution in [3.63, 3.8) is 0 Å². The number of methoxy groups -OCH3 is 1. The number of rotatable bonds is 7. The molecule has 1 heterocycles. The molecule has 0 aromatic carbocycles. The van der Waals surface area contributed by atoms with Crippen molar-refractivity contribution in [3.8, 4) is 0 Å². The SMILES string of the molecule is CCNC(C)CCc1nc(C2(OC)CCCCCC2)no1. The minimum absolute atomic E-state index is 0.328. The minimum atomic E-state index is -0.328. The number of hydrogen-bond donors (Lipinski definition) is 1. The van der Waals surface area contributed by atoms with Crippen LogP contribution in [0.15, 0.2) is 4.52 Å². The number of aryl methyl sites for hydroxylation is 1. The Hall–Kier alpha value is -0.940. The molecule has 1 atom stereocenters. The Kier molecular flexibility index (Phi) is 6.18. The van der Waals surface area contributed by atoms with Gasteiger partial charge in [-0.05, 0) is 32.7 Å². The Bertz CT molecular complexity index is 411. The van der Waals surface area contributed by atoms with Gasteiger partial charge in [-0.2, -0.15) is 4.98 Å². The van der Waals surface area contributed by atoms with Crippen LogP contribution in [0.5, 0.6) is 0 Å². The molecule has 120 valence electrons. The standard InChI is InChI=1S/C16H29N3O2/c1-4-17-13(2)9-10-14-18-15(19-21-14)16(20-3)11-7-5-6-8-12-16/h13,17H,4-12H2,1-3H3. The monoisotopic (exact) mass is 295 g/mol. The average Bonchev–Trinajstić information content (AvgIpc) is 2.83. The maximum Gasteiger partial charge on any atom is 0.226 e. The molecule has 0 spiro atoms. The van der Waals surface area contributed by atoms with Gasteiger partial charge in [0.15, 0.2) is 0 Å². The van der Waals surface area contributed by atoms with E-state index in [0.717, 1.165) is 43.9 Å². The fraction of sp³-hybridized carbons (Fsp3) is 0.875. The van der Waals surface area contributed by atoms with Gasteiger partial charge in [-0.15, -0.1) is 0 Å². The number of aromatic nitrogens is 2. The van der Waals surface area contributed by atoms with Gasteiger partial charge in [0.1, 0.15) is 5.60 Å². The van der Waals surface area contributed by atoms with E-state index in [0.29, 0.717) is 6.04 Å². The molecule has 1 aliphatic carbocycles. The number of nitrogens with one attached hydrogen (secondary N) is 1. The molecular formula is C16H29N3O2. The topological polar surface area (TPSA) is 60.2 Å². The van der Waals surface area contributed by atoms with E-state index in [-0.39, 0.29) is 5.60 Å². The average molecular weight is 295 g/mol. The van der Waals surface area contributed by atoms with Gasteiger partial charge in [0.2, 0.25) is 11.7 Å². The third-order valence-corrected chi connectivity index (χ3v) is 4.52. The molecule has 1 N–H and O–H groups in total. The van der Waals surface area contributed by atoms with Crippen LogP contribution in [0.4, 0.5) is 0 Å². The first kappa shape index (κ1) is 16.4. The molecule has 1 saturated carbocycles. The van der Waals surface area contributed by atoms with Crippen LogP contribution in [0, 0.1) is 0 Å². The first-order chi connectivity index (χ1) is 10.2. The molecule has 21 heavy (non-hydrogen) atoms. The van der Waals surface area contributed by atoms with Crippen LogP contribution in [0.3, 0.4) is 0 Å². The summed E-state index contributed by atoms with van der Waals surface area (Å²) in [5.41, 5.74) is -0.328. The summed E-state index contributed by atoms with van der Waals surface area (Å²) in [7, 11) is 1.77. The van der Waals surface area contributed by atoms with Crippen molar-refractivity contribution in [2.24, 2.45) is 0 Å². The molecule has 1 fully saturated rings. The summed E-state index contributed by atoms with van der Waals surface area (Å²) in [6.07, 6.45) is 8.72. The highest BCUT2D eigenvalue weighted by atomic mass is 16.5. The lowest BCUT2D eigenvalue weighted by atomic mass is 9.93. The second kappa shape index (κ2) is 7.90. The number of nitrogens with zero attached hydrogens (tertiary/aromatic N) is 2. The van der Waals surface area contributed by atoms with Gasteiger partial charge in [-0.1, -0.05) is 37.8 Å². The Morgan fingerprint density at radius 3 is 2.62 bits per heavy atom. The molecule has 5 heteroatoms. The Labute approximate surface area is 127 Å². The van der Waals surface area contributed by atoms with E-state index in [4.69, 9.17) is 9.26 Å². The van der Waals surface area contributed by atoms with E-state index >= 15 is 0 Å². The van der Waals surface area contributed by atoms with E-state index < -0.39 is 0 Å². The van der Waals surface area contributed by atoms with Gasteiger partial charge in [0.25, 0.3) is 0 Å². The van der Waals surface area contributed by atoms with Gasteiger partial charge in [0, 0.05) is 19.6 Å². The van der Waals surface area contributed by atoms with Crippen molar-refractivity contribution in [2.75, 3.05) is 13.7 Å². The van der Waals surface area contributed by atoms with Crippen molar-refractivity contribution in [3.05, 3.63) is 11.7 Å². The molecule has 1 aliphatic rings. The fourth-order valence-corrected chi connectivity index (χ4v) is 3.15. The van der Waals surface area contributed by atoms with Crippen LogP contribution >= 0.6 is 0 Å². The molecule has 0 radical (unpaired) electrons. The summed E-state index contributed by atoms with van der Waals surface area (Å²) in [6.45, 7) is 5.29. The molecule has 1 unspecified atom stereocenters. The number of hydrogen-bond acceptors (Lipinski definition) is 5. The molecule has 0 saturated heterocycles. The second-order valence-electron chi connectivity index (χ2n) is 6.12. The molecule has 0 bridgehead atoms. The molecule has 1 aromatic heterocycles. The van der Waals surface area contributed by atoms with E-state index in [1.54, 1.807) is 7.11 Å². The van der Waals surface area contributed by atoms with Gasteiger partial charge in [-0.3, -0.25) is 0 Å². The van der Waals surface area contributed by atoms with E-state index in [1.807, 2.05) is 0 Å². The van der Waals surface area contributed by atoms with Gasteiger partial charge < -0.3 is 14.6 Å². The Morgan fingerprint density at radius 1 is 1.29 bits per heavy atom. The molecule has 0 aliphatic heterocycles. The van der Waals surface area contributed by atoms with E-state index in [1.165, 1.54) is 25.7 Å². The van der Waals surface area contributed by atoms with Crippen molar-refractivity contribution in [2.45, 2.75) is 76.9 Å². The summed E-state index contributed by atoms with van der Waals surface area (Å²) < 4.78 is 11.3. The summed E-state index contributed by atoms with van der Waals surface area (Å²) >= 11 is 0. The summed E-state index contributed by atoms with van der Waals surface area (Å²) in [6, 6.07) is 0.472. The van der Waals surface area contributed by atoms with Crippen LogP contribution in [-0.2, 0) is 16.8 Å². The Balaban J connectivity index is 2.00. The van der Waals surface area contributed by atoms with Crippen LogP contribution < -0.4 is 5.32 Å². The van der Waals surface area contributed by atoms with Crippen molar-refractivity contribution < 1.29 is 9.26 Å². The third kappa shape index (κ3) is 4.27. The number of ether oxygens (including phenoxy) is 1.